The van der Waals surface area contributed by atoms with Crippen LogP contribution in [0.15, 0.2) is 47.4 Å². The Hall–Kier alpha value is -2.65. The molecule has 1 saturated heterocycles. The van der Waals surface area contributed by atoms with E-state index < -0.39 is 21.9 Å². The van der Waals surface area contributed by atoms with Gasteiger partial charge in [0.1, 0.15) is 22.2 Å². The maximum Gasteiger partial charge on any atom is 0.244 e. The second-order valence-corrected chi connectivity index (χ2v) is 7.70. The van der Waals surface area contributed by atoms with Crippen molar-refractivity contribution in [2.24, 2.45) is 0 Å². The number of hydrogen-bond acceptors (Lipinski definition) is 5. The number of methoxy groups -OCH3 is 2. The highest BCUT2D eigenvalue weighted by Crippen LogP contribution is 2.29. The summed E-state index contributed by atoms with van der Waals surface area (Å²) in [7, 11) is -1.15. The summed E-state index contributed by atoms with van der Waals surface area (Å²) in [5.41, 5.74) is 0.516. The average molecular weight is 394 g/mol. The number of nitrogens with zero attached hydrogens (tertiary/aromatic N) is 1. The van der Waals surface area contributed by atoms with Crippen molar-refractivity contribution in [3.8, 4) is 11.5 Å². The van der Waals surface area contributed by atoms with Gasteiger partial charge < -0.3 is 14.4 Å². The third-order valence-corrected chi connectivity index (χ3v) is 5.79. The molecular formula is C18H19FN2O5S. The first kappa shape index (κ1) is 19.1. The fourth-order valence-corrected chi connectivity index (χ4v) is 4.35. The number of carbonyl (C=O) groups is 1. The lowest BCUT2D eigenvalue weighted by Crippen LogP contribution is -2.37. The van der Waals surface area contributed by atoms with Gasteiger partial charge in [-0.05, 0) is 36.4 Å². The van der Waals surface area contributed by atoms with Crippen LogP contribution in [0.2, 0.25) is 0 Å². The zero-order valence-electron chi connectivity index (χ0n) is 14.8. The number of sulfonamides is 1. The molecular weight excluding hydrogens is 375 g/mol. The fourth-order valence-electron chi connectivity index (χ4n) is 2.93. The molecule has 1 N–H and O–H groups in total. The highest BCUT2D eigenvalue weighted by atomic mass is 32.2. The van der Waals surface area contributed by atoms with Gasteiger partial charge in [0.05, 0.1) is 14.2 Å². The predicted molar refractivity (Wildman–Crippen MR) is 97.0 cm³/mol. The lowest BCUT2D eigenvalue weighted by atomic mass is 10.3. The highest BCUT2D eigenvalue weighted by molar-refractivity contribution is 7.89. The summed E-state index contributed by atoms with van der Waals surface area (Å²) < 4.78 is 51.4. The van der Waals surface area contributed by atoms with Gasteiger partial charge in [0.2, 0.25) is 15.9 Å². The Balaban J connectivity index is 1.81. The molecule has 1 aliphatic rings. The van der Waals surface area contributed by atoms with Gasteiger partial charge in [0.25, 0.3) is 0 Å². The van der Waals surface area contributed by atoms with Gasteiger partial charge in [-0.3, -0.25) is 4.79 Å². The van der Waals surface area contributed by atoms with E-state index in [1.165, 1.54) is 55.5 Å². The molecule has 3 rings (SSSR count). The zero-order chi connectivity index (χ0) is 19.6. The molecule has 0 unspecified atom stereocenters. The molecule has 1 fully saturated rings. The molecule has 0 aliphatic carbocycles. The van der Waals surface area contributed by atoms with Crippen LogP contribution in [0.25, 0.3) is 0 Å². The molecule has 1 heterocycles. The lowest BCUT2D eigenvalue weighted by Gasteiger charge is -2.18. The molecule has 7 nitrogen and oxygen atoms in total. The van der Waals surface area contributed by atoms with Crippen LogP contribution < -0.4 is 19.1 Å². The number of benzene rings is 2. The van der Waals surface area contributed by atoms with Crippen molar-refractivity contribution < 1.29 is 27.1 Å². The topological polar surface area (TPSA) is 84.9 Å². The van der Waals surface area contributed by atoms with Crippen molar-refractivity contribution in [3.63, 3.8) is 0 Å². The normalized spacial score (nSPS) is 17.2. The van der Waals surface area contributed by atoms with Crippen LogP contribution in [0, 0.1) is 5.82 Å². The van der Waals surface area contributed by atoms with Crippen molar-refractivity contribution in [1.82, 2.24) is 4.72 Å². The summed E-state index contributed by atoms with van der Waals surface area (Å²) in [6, 6.07) is 9.29. The summed E-state index contributed by atoms with van der Waals surface area (Å²) >= 11 is 0. The summed E-state index contributed by atoms with van der Waals surface area (Å²) in [5.74, 6) is -0.116. The SMILES string of the molecule is COc1ccc(OC)c(S(=O)(=O)N[C@H]2CC(=O)N(c3ccc(F)cc3)C2)c1. The fraction of sp³-hybridized carbons (Fsp3) is 0.278. The summed E-state index contributed by atoms with van der Waals surface area (Å²) in [4.78, 5) is 13.6. The van der Waals surface area contributed by atoms with E-state index in [0.717, 1.165) is 0 Å². The molecule has 0 radical (unpaired) electrons. The van der Waals surface area contributed by atoms with Crippen LogP contribution in [0.3, 0.4) is 0 Å². The number of nitrogens with one attached hydrogen (secondary N) is 1. The van der Waals surface area contributed by atoms with E-state index in [4.69, 9.17) is 9.47 Å². The van der Waals surface area contributed by atoms with Gasteiger partial charge in [0, 0.05) is 30.8 Å². The number of anilines is 1. The Kier molecular flexibility index (Phi) is 5.33. The Morgan fingerprint density at radius 1 is 1.11 bits per heavy atom. The minimum absolute atomic E-state index is 0.00287. The minimum atomic E-state index is -3.95. The Morgan fingerprint density at radius 3 is 2.44 bits per heavy atom. The summed E-state index contributed by atoms with van der Waals surface area (Å²) in [5, 5.41) is 0. The van der Waals surface area contributed by atoms with Gasteiger partial charge in [-0.1, -0.05) is 0 Å². The minimum Gasteiger partial charge on any atom is -0.497 e. The first-order chi connectivity index (χ1) is 12.8. The monoisotopic (exact) mass is 394 g/mol. The van der Waals surface area contributed by atoms with Crippen LogP contribution in [0.5, 0.6) is 11.5 Å². The second-order valence-electron chi connectivity index (χ2n) is 6.02. The van der Waals surface area contributed by atoms with Crippen molar-refractivity contribution in [1.29, 1.82) is 0 Å². The Labute approximate surface area is 156 Å². The smallest absolute Gasteiger partial charge is 0.244 e. The third kappa shape index (κ3) is 4.04. The molecule has 2 aromatic carbocycles. The van der Waals surface area contributed by atoms with Crippen molar-refractivity contribution in [2.45, 2.75) is 17.4 Å². The molecule has 1 aliphatic heterocycles. The standard InChI is InChI=1S/C18H19FN2O5S/c1-25-15-7-8-16(26-2)17(10-15)27(23,24)20-13-9-18(22)21(11-13)14-5-3-12(19)4-6-14/h3-8,10,13,20H,9,11H2,1-2H3/t13-/m0/s1. The number of ether oxygens (including phenoxy) is 2. The van der Waals surface area contributed by atoms with E-state index in [1.54, 1.807) is 6.07 Å². The molecule has 0 spiro atoms. The molecule has 27 heavy (non-hydrogen) atoms. The van der Waals surface area contributed by atoms with Crippen molar-refractivity contribution in [3.05, 3.63) is 48.3 Å². The molecule has 1 atom stereocenters. The lowest BCUT2D eigenvalue weighted by molar-refractivity contribution is -0.117. The van der Waals surface area contributed by atoms with Crippen LogP contribution in [0.4, 0.5) is 10.1 Å². The van der Waals surface area contributed by atoms with Gasteiger partial charge in [-0.2, -0.15) is 0 Å². The molecule has 0 saturated carbocycles. The summed E-state index contributed by atoms with van der Waals surface area (Å²) in [6.07, 6.45) is 0.00287. The third-order valence-electron chi connectivity index (χ3n) is 4.25. The van der Waals surface area contributed by atoms with Gasteiger partial charge >= 0.3 is 0 Å². The maximum absolute atomic E-state index is 13.1. The van der Waals surface area contributed by atoms with E-state index in [1.807, 2.05) is 0 Å². The van der Waals surface area contributed by atoms with Crippen LogP contribution in [-0.2, 0) is 14.8 Å². The number of carbonyl (C=O) groups excluding carboxylic acids is 1. The summed E-state index contributed by atoms with van der Waals surface area (Å²) in [6.45, 7) is 0.149. The first-order valence-electron chi connectivity index (χ1n) is 8.14. The first-order valence-corrected chi connectivity index (χ1v) is 9.62. The van der Waals surface area contributed by atoms with Crippen LogP contribution >= 0.6 is 0 Å². The quantitative estimate of drug-likeness (QED) is 0.809. The van der Waals surface area contributed by atoms with Gasteiger partial charge in [-0.25, -0.2) is 17.5 Å². The van der Waals surface area contributed by atoms with E-state index in [2.05, 4.69) is 4.72 Å². The molecule has 1 amide bonds. The van der Waals surface area contributed by atoms with Crippen LogP contribution in [-0.4, -0.2) is 41.1 Å². The van der Waals surface area contributed by atoms with Crippen LogP contribution in [0.1, 0.15) is 6.42 Å². The number of halogens is 1. The van der Waals surface area contributed by atoms with E-state index >= 15 is 0 Å². The van der Waals surface area contributed by atoms with E-state index in [0.29, 0.717) is 11.4 Å². The molecule has 144 valence electrons. The number of amides is 1. The number of hydrogen-bond donors (Lipinski definition) is 1. The largest absolute Gasteiger partial charge is 0.497 e. The van der Waals surface area contributed by atoms with E-state index in [-0.39, 0.29) is 29.5 Å². The van der Waals surface area contributed by atoms with Gasteiger partial charge in [0.15, 0.2) is 0 Å². The van der Waals surface area contributed by atoms with Crippen molar-refractivity contribution in [2.75, 3.05) is 25.7 Å². The molecule has 0 bridgehead atoms. The number of rotatable bonds is 6. The zero-order valence-corrected chi connectivity index (χ0v) is 15.6. The van der Waals surface area contributed by atoms with E-state index in [9.17, 15) is 17.6 Å². The predicted octanol–water partition coefficient (Wildman–Crippen LogP) is 1.93. The molecule has 0 aromatic heterocycles. The molecule has 9 heteroatoms. The Morgan fingerprint density at radius 2 is 1.81 bits per heavy atom. The Bertz CT molecular complexity index is 947. The van der Waals surface area contributed by atoms with Crippen molar-refractivity contribution >= 4 is 21.6 Å². The average Bonchev–Trinajstić information content (AvgIpc) is 3.01. The van der Waals surface area contributed by atoms with Gasteiger partial charge in [-0.15, -0.1) is 0 Å². The maximum atomic E-state index is 13.1. The highest BCUT2D eigenvalue weighted by Gasteiger charge is 2.34. The second kappa shape index (κ2) is 7.53. The molecule has 2 aromatic rings.